The summed E-state index contributed by atoms with van der Waals surface area (Å²) in [5.41, 5.74) is 1.33. The zero-order chi connectivity index (χ0) is 10.8. The van der Waals surface area contributed by atoms with Gasteiger partial charge in [-0.3, -0.25) is 0 Å². The highest BCUT2D eigenvalue weighted by Crippen LogP contribution is 2.37. The molecule has 0 aromatic heterocycles. The second-order valence-electron chi connectivity index (χ2n) is 3.15. The molecule has 0 radical (unpaired) electrons. The number of hydrogen-bond donors (Lipinski definition) is 2. The van der Waals surface area contributed by atoms with Gasteiger partial charge in [-0.25, -0.2) is 0 Å². The molecule has 0 aliphatic carbocycles. The van der Waals surface area contributed by atoms with E-state index in [1.807, 2.05) is 12.1 Å². The Kier molecular flexibility index (Phi) is 2.81. The number of halogens is 1. The number of benzene rings is 2. The van der Waals surface area contributed by atoms with Gasteiger partial charge in [0.1, 0.15) is 11.5 Å². The summed E-state index contributed by atoms with van der Waals surface area (Å²) < 4.78 is 0.911. The van der Waals surface area contributed by atoms with Gasteiger partial charge in [0.2, 0.25) is 0 Å². The number of rotatable bonds is 1. The molecule has 0 saturated carbocycles. The summed E-state index contributed by atoms with van der Waals surface area (Å²) in [6.45, 7) is 0. The quantitative estimate of drug-likeness (QED) is 0.793. The van der Waals surface area contributed by atoms with Gasteiger partial charge in [-0.05, 0) is 40.8 Å². The lowest BCUT2D eigenvalue weighted by Crippen LogP contribution is -1.84. The molecular formula is C12H9IO2. The number of hydrogen-bond acceptors (Lipinski definition) is 2. The molecular weight excluding hydrogens is 303 g/mol. The van der Waals surface area contributed by atoms with E-state index in [2.05, 4.69) is 22.6 Å². The van der Waals surface area contributed by atoms with E-state index in [1.165, 1.54) is 0 Å². The Morgan fingerprint density at radius 3 is 2.13 bits per heavy atom. The van der Waals surface area contributed by atoms with Crippen LogP contribution in [0, 0.1) is 3.57 Å². The van der Waals surface area contributed by atoms with Crippen LogP contribution >= 0.6 is 22.6 Å². The minimum Gasteiger partial charge on any atom is -0.507 e. The maximum atomic E-state index is 9.75. The van der Waals surface area contributed by atoms with Crippen molar-refractivity contribution >= 4 is 22.6 Å². The molecule has 3 heteroatoms. The maximum absolute atomic E-state index is 9.75. The molecule has 0 unspecified atom stereocenters. The predicted octanol–water partition coefficient (Wildman–Crippen LogP) is 3.37. The Balaban J connectivity index is 2.69. The second kappa shape index (κ2) is 4.10. The average molecular weight is 312 g/mol. The summed E-state index contributed by atoms with van der Waals surface area (Å²) in [5, 5.41) is 19.5. The van der Waals surface area contributed by atoms with Crippen LogP contribution in [-0.4, -0.2) is 10.2 Å². The molecule has 0 atom stereocenters. The van der Waals surface area contributed by atoms with Crippen molar-refractivity contribution in [3.05, 3.63) is 46.0 Å². The Bertz CT molecular complexity index is 474. The van der Waals surface area contributed by atoms with Crippen LogP contribution < -0.4 is 0 Å². The molecule has 0 saturated heterocycles. The number of phenolic OH excluding ortho intramolecular Hbond substituents is 2. The molecule has 2 N–H and O–H groups in total. The van der Waals surface area contributed by atoms with Crippen LogP contribution in [0.4, 0.5) is 0 Å². The lowest BCUT2D eigenvalue weighted by atomic mass is 10.0. The maximum Gasteiger partial charge on any atom is 0.124 e. The lowest BCUT2D eigenvalue weighted by molar-refractivity contribution is 0.469. The Labute approximate surface area is 101 Å². The number of aromatic hydroxyl groups is 2. The smallest absolute Gasteiger partial charge is 0.124 e. The lowest BCUT2D eigenvalue weighted by Gasteiger charge is -2.08. The molecule has 15 heavy (non-hydrogen) atoms. The van der Waals surface area contributed by atoms with Crippen LogP contribution in [0.5, 0.6) is 11.5 Å². The molecule has 2 rings (SSSR count). The Hall–Kier alpha value is -1.23. The van der Waals surface area contributed by atoms with Crippen molar-refractivity contribution < 1.29 is 10.2 Å². The molecule has 2 aromatic rings. The first-order chi connectivity index (χ1) is 7.20. The van der Waals surface area contributed by atoms with Crippen molar-refractivity contribution in [1.82, 2.24) is 0 Å². The van der Waals surface area contributed by atoms with Crippen molar-refractivity contribution in [3.63, 3.8) is 0 Å². The van der Waals surface area contributed by atoms with E-state index in [9.17, 15) is 10.2 Å². The Morgan fingerprint density at radius 2 is 1.47 bits per heavy atom. The van der Waals surface area contributed by atoms with E-state index in [4.69, 9.17) is 0 Å². The zero-order valence-corrected chi connectivity index (χ0v) is 9.97. The standard InChI is InChI=1S/C12H9IO2/c13-9-5-3-7-11(15)12(9)8-4-1-2-6-10(8)14/h1-7,14-15H. The highest BCUT2D eigenvalue weighted by atomic mass is 127. The van der Waals surface area contributed by atoms with Crippen molar-refractivity contribution in [1.29, 1.82) is 0 Å². The van der Waals surface area contributed by atoms with Crippen LogP contribution in [0.3, 0.4) is 0 Å². The van der Waals surface area contributed by atoms with Crippen LogP contribution in [0.1, 0.15) is 0 Å². The third kappa shape index (κ3) is 1.92. The van der Waals surface area contributed by atoms with Gasteiger partial charge < -0.3 is 10.2 Å². The number of para-hydroxylation sites is 1. The largest absolute Gasteiger partial charge is 0.507 e. The highest BCUT2D eigenvalue weighted by molar-refractivity contribution is 14.1. The molecule has 0 bridgehead atoms. The van der Waals surface area contributed by atoms with Gasteiger partial charge in [-0.15, -0.1) is 0 Å². The monoisotopic (exact) mass is 312 g/mol. The van der Waals surface area contributed by atoms with Crippen LogP contribution in [0.2, 0.25) is 0 Å². The topological polar surface area (TPSA) is 40.5 Å². The molecule has 0 amide bonds. The minimum absolute atomic E-state index is 0.178. The molecule has 0 fully saturated rings. The normalized spacial score (nSPS) is 10.2. The summed E-state index contributed by atoms with van der Waals surface area (Å²) in [6.07, 6.45) is 0. The molecule has 0 heterocycles. The fourth-order valence-electron chi connectivity index (χ4n) is 1.46. The number of phenols is 2. The first kappa shape index (κ1) is 10.3. The molecule has 0 aliphatic rings. The fraction of sp³-hybridized carbons (Fsp3) is 0. The minimum atomic E-state index is 0.178. The van der Waals surface area contributed by atoms with Crippen LogP contribution in [0.25, 0.3) is 11.1 Å². The van der Waals surface area contributed by atoms with Gasteiger partial charge >= 0.3 is 0 Å². The summed E-state index contributed by atoms with van der Waals surface area (Å²) in [4.78, 5) is 0. The summed E-state index contributed by atoms with van der Waals surface area (Å²) in [5.74, 6) is 0.361. The van der Waals surface area contributed by atoms with E-state index in [1.54, 1.807) is 30.3 Å². The van der Waals surface area contributed by atoms with Gasteiger partial charge in [-0.2, -0.15) is 0 Å². The first-order valence-electron chi connectivity index (χ1n) is 4.46. The molecule has 76 valence electrons. The predicted molar refractivity (Wildman–Crippen MR) is 67.9 cm³/mol. The third-order valence-corrected chi connectivity index (χ3v) is 3.06. The van der Waals surface area contributed by atoms with Crippen LogP contribution in [-0.2, 0) is 0 Å². The Morgan fingerprint density at radius 1 is 0.800 bits per heavy atom. The molecule has 0 aliphatic heterocycles. The van der Waals surface area contributed by atoms with E-state index in [0.717, 1.165) is 3.57 Å². The zero-order valence-electron chi connectivity index (χ0n) is 7.81. The summed E-state index contributed by atoms with van der Waals surface area (Å²) in [6, 6.07) is 12.3. The first-order valence-corrected chi connectivity index (χ1v) is 5.54. The molecule has 0 spiro atoms. The van der Waals surface area contributed by atoms with E-state index in [-0.39, 0.29) is 11.5 Å². The van der Waals surface area contributed by atoms with Crippen molar-refractivity contribution in [2.45, 2.75) is 0 Å². The van der Waals surface area contributed by atoms with Crippen molar-refractivity contribution in [3.8, 4) is 22.6 Å². The summed E-state index contributed by atoms with van der Waals surface area (Å²) >= 11 is 2.14. The van der Waals surface area contributed by atoms with Gasteiger partial charge in [0, 0.05) is 14.7 Å². The van der Waals surface area contributed by atoms with Crippen LogP contribution in [0.15, 0.2) is 42.5 Å². The third-order valence-electron chi connectivity index (χ3n) is 2.17. The van der Waals surface area contributed by atoms with Crippen molar-refractivity contribution in [2.75, 3.05) is 0 Å². The average Bonchev–Trinajstić information content (AvgIpc) is 2.20. The van der Waals surface area contributed by atoms with E-state index < -0.39 is 0 Å². The SMILES string of the molecule is Oc1ccccc1-c1c(O)cccc1I. The van der Waals surface area contributed by atoms with Crippen molar-refractivity contribution in [2.24, 2.45) is 0 Å². The fourth-order valence-corrected chi connectivity index (χ4v) is 2.24. The highest BCUT2D eigenvalue weighted by Gasteiger charge is 2.11. The van der Waals surface area contributed by atoms with Gasteiger partial charge in [0.25, 0.3) is 0 Å². The van der Waals surface area contributed by atoms with Gasteiger partial charge in [0.15, 0.2) is 0 Å². The summed E-state index contributed by atoms with van der Waals surface area (Å²) in [7, 11) is 0. The second-order valence-corrected chi connectivity index (χ2v) is 4.31. The van der Waals surface area contributed by atoms with E-state index in [0.29, 0.717) is 11.1 Å². The molecule has 2 aromatic carbocycles. The van der Waals surface area contributed by atoms with Gasteiger partial charge in [0.05, 0.1) is 0 Å². The van der Waals surface area contributed by atoms with Gasteiger partial charge in [-0.1, -0.05) is 24.3 Å². The van der Waals surface area contributed by atoms with E-state index >= 15 is 0 Å². The molecule has 2 nitrogen and oxygen atoms in total.